The predicted molar refractivity (Wildman–Crippen MR) is 88.2 cm³/mol. The summed E-state index contributed by atoms with van der Waals surface area (Å²) in [5, 5.41) is 0. The number of carbonyl (C=O) groups excluding carboxylic acids is 1. The molecule has 0 bridgehead atoms. The van der Waals surface area contributed by atoms with Gasteiger partial charge < -0.3 is 9.64 Å². The first kappa shape index (κ1) is 15.4. The van der Waals surface area contributed by atoms with Crippen LogP contribution in [0.5, 0.6) is 5.75 Å². The summed E-state index contributed by atoms with van der Waals surface area (Å²) in [6.07, 6.45) is 9.05. The van der Waals surface area contributed by atoms with Crippen molar-refractivity contribution in [2.24, 2.45) is 0 Å². The van der Waals surface area contributed by atoms with Gasteiger partial charge in [-0.3, -0.25) is 4.79 Å². The van der Waals surface area contributed by atoms with Gasteiger partial charge in [0.25, 0.3) is 5.91 Å². The molecule has 1 aromatic carbocycles. The molecule has 1 aliphatic heterocycles. The van der Waals surface area contributed by atoms with Crippen molar-refractivity contribution in [1.82, 2.24) is 4.90 Å². The van der Waals surface area contributed by atoms with Crippen LogP contribution in [0, 0.1) is 0 Å². The molecule has 0 spiro atoms. The summed E-state index contributed by atoms with van der Waals surface area (Å²) in [5.41, 5.74) is 2.72. The lowest BCUT2D eigenvalue weighted by atomic mass is 9.91. The largest absolute Gasteiger partial charge is 0.481 e. The van der Waals surface area contributed by atoms with Gasteiger partial charge in [0.1, 0.15) is 5.75 Å². The van der Waals surface area contributed by atoms with Crippen molar-refractivity contribution in [1.29, 1.82) is 0 Å². The predicted octanol–water partition coefficient (Wildman–Crippen LogP) is 3.74. The second kappa shape index (κ2) is 7.17. The smallest absolute Gasteiger partial charge is 0.263 e. The monoisotopic (exact) mass is 301 g/mol. The number of hydrogen-bond donors (Lipinski definition) is 0. The molecule has 0 radical (unpaired) electrons. The molecule has 0 aromatic heterocycles. The van der Waals surface area contributed by atoms with Crippen LogP contribution >= 0.6 is 0 Å². The summed E-state index contributed by atoms with van der Waals surface area (Å²) in [7, 11) is 0. The minimum absolute atomic E-state index is 0.148. The highest BCUT2D eigenvalue weighted by molar-refractivity contribution is 5.81. The second-order valence-corrected chi connectivity index (χ2v) is 6.60. The Bertz CT molecular complexity index is 518. The summed E-state index contributed by atoms with van der Waals surface area (Å²) in [6, 6.07) is 6.28. The van der Waals surface area contributed by atoms with Crippen LogP contribution in [0.4, 0.5) is 0 Å². The number of ether oxygens (including phenoxy) is 1. The molecular formula is C19H27NO2. The summed E-state index contributed by atoms with van der Waals surface area (Å²) in [6.45, 7) is 3.67. The Morgan fingerprint density at radius 2 is 1.77 bits per heavy atom. The number of likely N-dealkylation sites (tertiary alicyclic amines) is 1. The lowest BCUT2D eigenvalue weighted by Crippen LogP contribution is -2.41. The Hall–Kier alpha value is -1.51. The number of aryl methyl sites for hydroxylation is 1. The maximum atomic E-state index is 12.6. The number of hydrogen-bond acceptors (Lipinski definition) is 2. The molecule has 3 heteroatoms. The van der Waals surface area contributed by atoms with Gasteiger partial charge in [0, 0.05) is 13.1 Å². The number of fused-ring (bicyclic) bond motifs is 1. The highest BCUT2D eigenvalue weighted by Gasteiger charge is 2.24. The van der Waals surface area contributed by atoms with Crippen LogP contribution in [0.15, 0.2) is 18.2 Å². The zero-order chi connectivity index (χ0) is 15.4. The van der Waals surface area contributed by atoms with Gasteiger partial charge in [-0.25, -0.2) is 0 Å². The maximum absolute atomic E-state index is 12.6. The van der Waals surface area contributed by atoms with Gasteiger partial charge in [-0.15, -0.1) is 0 Å². The van der Waals surface area contributed by atoms with Crippen LogP contribution in [0.3, 0.4) is 0 Å². The summed E-state index contributed by atoms with van der Waals surface area (Å²) in [4.78, 5) is 14.6. The lowest BCUT2D eigenvalue weighted by molar-refractivity contribution is -0.137. The van der Waals surface area contributed by atoms with Crippen LogP contribution < -0.4 is 4.74 Å². The molecule has 1 fully saturated rings. The van der Waals surface area contributed by atoms with Crippen molar-refractivity contribution in [3.05, 3.63) is 29.3 Å². The van der Waals surface area contributed by atoms with Gasteiger partial charge in [-0.05, 0) is 62.6 Å². The number of benzene rings is 1. The van der Waals surface area contributed by atoms with Crippen LogP contribution in [-0.4, -0.2) is 30.0 Å². The average molecular weight is 301 g/mol. The molecule has 1 heterocycles. The molecule has 22 heavy (non-hydrogen) atoms. The molecule has 1 atom stereocenters. The Balaban J connectivity index is 1.68. The molecule has 1 aliphatic carbocycles. The van der Waals surface area contributed by atoms with Crippen molar-refractivity contribution in [3.63, 3.8) is 0 Å². The van der Waals surface area contributed by atoms with E-state index in [1.165, 1.54) is 36.8 Å². The van der Waals surface area contributed by atoms with Gasteiger partial charge >= 0.3 is 0 Å². The third kappa shape index (κ3) is 3.45. The molecular weight excluding hydrogens is 274 g/mol. The van der Waals surface area contributed by atoms with Crippen LogP contribution in [0.25, 0.3) is 0 Å². The van der Waals surface area contributed by atoms with Crippen LogP contribution in [0.2, 0.25) is 0 Å². The first-order valence-corrected chi connectivity index (χ1v) is 8.82. The molecule has 1 aromatic rings. The van der Waals surface area contributed by atoms with E-state index in [-0.39, 0.29) is 12.0 Å². The van der Waals surface area contributed by atoms with Gasteiger partial charge in [0.2, 0.25) is 0 Å². The summed E-state index contributed by atoms with van der Waals surface area (Å²) in [5.74, 6) is 1.07. The van der Waals surface area contributed by atoms with E-state index >= 15 is 0 Å². The maximum Gasteiger partial charge on any atom is 0.263 e. The quantitative estimate of drug-likeness (QED) is 0.851. The number of nitrogens with zero attached hydrogens (tertiary/aromatic N) is 1. The Morgan fingerprint density at radius 3 is 2.55 bits per heavy atom. The second-order valence-electron chi connectivity index (χ2n) is 6.60. The fraction of sp³-hybridized carbons (Fsp3) is 0.632. The van der Waals surface area contributed by atoms with Gasteiger partial charge in [0.05, 0.1) is 0 Å². The summed E-state index contributed by atoms with van der Waals surface area (Å²) < 4.78 is 6.08. The Kier molecular flexibility index (Phi) is 5.01. The highest BCUT2D eigenvalue weighted by atomic mass is 16.5. The molecule has 120 valence electrons. The highest BCUT2D eigenvalue weighted by Crippen LogP contribution is 2.30. The first-order valence-electron chi connectivity index (χ1n) is 8.82. The van der Waals surface area contributed by atoms with Crippen molar-refractivity contribution >= 4 is 5.91 Å². The minimum Gasteiger partial charge on any atom is -0.481 e. The van der Waals surface area contributed by atoms with Gasteiger partial charge in [-0.2, -0.15) is 0 Å². The Morgan fingerprint density at radius 1 is 1.05 bits per heavy atom. The molecule has 3 nitrogen and oxygen atoms in total. The number of carbonyl (C=O) groups is 1. The minimum atomic E-state index is -0.383. The number of amides is 1. The fourth-order valence-electron chi connectivity index (χ4n) is 3.65. The van der Waals surface area contributed by atoms with Gasteiger partial charge in [0.15, 0.2) is 6.10 Å². The van der Waals surface area contributed by atoms with Crippen LogP contribution in [-0.2, 0) is 17.6 Å². The first-order chi connectivity index (χ1) is 10.8. The zero-order valence-corrected chi connectivity index (χ0v) is 13.6. The molecule has 3 rings (SSSR count). The fourth-order valence-corrected chi connectivity index (χ4v) is 3.65. The van der Waals surface area contributed by atoms with E-state index < -0.39 is 0 Å². The normalized spacial score (nSPS) is 20.0. The third-order valence-electron chi connectivity index (χ3n) is 4.92. The van der Waals surface area contributed by atoms with Crippen LogP contribution in [0.1, 0.15) is 56.6 Å². The molecule has 0 saturated carbocycles. The van der Waals surface area contributed by atoms with Crippen molar-refractivity contribution in [3.8, 4) is 5.75 Å². The topological polar surface area (TPSA) is 29.5 Å². The van der Waals surface area contributed by atoms with Crippen molar-refractivity contribution in [2.75, 3.05) is 13.1 Å². The molecule has 1 saturated heterocycles. The summed E-state index contributed by atoms with van der Waals surface area (Å²) >= 11 is 0. The van der Waals surface area contributed by atoms with Crippen molar-refractivity contribution in [2.45, 2.75) is 64.4 Å². The Labute approximate surface area is 133 Å². The van der Waals surface area contributed by atoms with Gasteiger partial charge in [-0.1, -0.05) is 25.0 Å². The molecule has 2 aliphatic rings. The number of rotatable bonds is 3. The van der Waals surface area contributed by atoms with E-state index in [1.54, 1.807) is 0 Å². The SMILES string of the molecule is C[C@@H](Oc1cccc2c1CCCC2)C(=O)N1CCCCCC1. The van der Waals surface area contributed by atoms with E-state index in [2.05, 4.69) is 12.1 Å². The third-order valence-corrected chi connectivity index (χ3v) is 4.92. The molecule has 1 amide bonds. The standard InChI is InChI=1S/C19H27NO2/c1-15(19(21)20-13-6-2-3-7-14-20)22-18-12-8-10-16-9-4-5-11-17(16)18/h8,10,12,15H,2-7,9,11,13-14H2,1H3/t15-/m1/s1. The molecule has 0 unspecified atom stereocenters. The van der Waals surface area contributed by atoms with E-state index in [0.29, 0.717) is 0 Å². The lowest BCUT2D eigenvalue weighted by Gasteiger charge is -2.26. The van der Waals surface area contributed by atoms with E-state index in [1.807, 2.05) is 17.9 Å². The van der Waals surface area contributed by atoms with Crippen molar-refractivity contribution < 1.29 is 9.53 Å². The van der Waals surface area contributed by atoms with E-state index in [4.69, 9.17) is 4.74 Å². The van der Waals surface area contributed by atoms with E-state index in [0.717, 1.165) is 44.5 Å². The van der Waals surface area contributed by atoms with E-state index in [9.17, 15) is 4.79 Å². The molecule has 0 N–H and O–H groups in total. The average Bonchev–Trinajstić information content (AvgIpc) is 2.83. The zero-order valence-electron chi connectivity index (χ0n) is 13.6.